The molecule has 4 aromatic rings. The van der Waals surface area contributed by atoms with Crippen LogP contribution in [0.5, 0.6) is 5.75 Å². The molecule has 1 amide bonds. The highest BCUT2D eigenvalue weighted by Crippen LogP contribution is 2.36. The fraction of sp³-hybridized carbons (Fsp3) is 0.227. The topological polar surface area (TPSA) is 103 Å². The van der Waals surface area contributed by atoms with E-state index >= 15 is 0 Å². The van der Waals surface area contributed by atoms with E-state index in [1.54, 1.807) is 6.07 Å². The molecule has 11 heteroatoms. The number of nitrogens with one attached hydrogen (secondary N) is 1. The van der Waals surface area contributed by atoms with Crippen molar-refractivity contribution >= 4 is 28.1 Å². The van der Waals surface area contributed by atoms with E-state index in [0.29, 0.717) is 17.5 Å². The van der Waals surface area contributed by atoms with Gasteiger partial charge in [-0.25, -0.2) is 9.97 Å². The zero-order valence-corrected chi connectivity index (χ0v) is 18.4. The Morgan fingerprint density at radius 3 is 2.64 bits per heavy atom. The number of benzene rings is 1. The number of fused-ring (bicyclic) bond motifs is 1. The number of oxazole rings is 1. The van der Waals surface area contributed by atoms with E-state index in [9.17, 15) is 18.0 Å². The Morgan fingerprint density at radius 1 is 1.21 bits per heavy atom. The molecule has 1 aromatic carbocycles. The molecule has 0 aliphatic heterocycles. The summed E-state index contributed by atoms with van der Waals surface area (Å²) in [4.78, 5) is 21.8. The summed E-state index contributed by atoms with van der Waals surface area (Å²) in [6.45, 7) is 2.19. The number of hydrogen-bond donors (Lipinski definition) is 2. The van der Waals surface area contributed by atoms with Crippen molar-refractivity contribution in [3.63, 3.8) is 0 Å². The summed E-state index contributed by atoms with van der Waals surface area (Å²) in [5.41, 5.74) is 6.14. The summed E-state index contributed by atoms with van der Waals surface area (Å²) in [5, 5.41) is 5.06. The number of aryl methyl sites for hydroxylation is 1. The molecule has 0 unspecified atom stereocenters. The van der Waals surface area contributed by atoms with Crippen molar-refractivity contribution in [1.82, 2.24) is 15.3 Å². The molecular weight excluding hydrogens is 457 g/mol. The standard InChI is InChI=1S/C22H19F3N4O3S/c1-11-7-8-33-16(11)10-27-20(30)19-15(9-26)32-21(29-19)13-3-5-14(31-2)18-12(13)4-6-17(28-18)22(23,24)25/h3-8H,9-10,26H2,1-2H3,(H,27,30). The van der Waals surface area contributed by atoms with Crippen LogP contribution in [0.15, 0.2) is 40.1 Å². The van der Waals surface area contributed by atoms with Gasteiger partial charge in [-0.1, -0.05) is 0 Å². The van der Waals surface area contributed by atoms with Gasteiger partial charge in [-0.2, -0.15) is 13.2 Å². The average Bonchev–Trinajstić information content (AvgIpc) is 3.41. The number of carbonyl (C=O) groups excluding carboxylic acids is 1. The Kier molecular flexibility index (Phi) is 6.09. The number of methoxy groups -OCH3 is 1. The number of amides is 1. The molecule has 33 heavy (non-hydrogen) atoms. The highest BCUT2D eigenvalue weighted by Gasteiger charge is 2.33. The summed E-state index contributed by atoms with van der Waals surface area (Å²) in [6.07, 6.45) is -4.61. The third kappa shape index (κ3) is 4.41. The molecule has 0 bridgehead atoms. The Hall–Kier alpha value is -3.44. The first-order valence-corrected chi connectivity index (χ1v) is 10.7. The van der Waals surface area contributed by atoms with Gasteiger partial charge in [0.1, 0.15) is 17.0 Å². The highest BCUT2D eigenvalue weighted by atomic mass is 32.1. The highest BCUT2D eigenvalue weighted by molar-refractivity contribution is 7.10. The zero-order valence-electron chi connectivity index (χ0n) is 17.6. The molecule has 4 rings (SSSR count). The van der Waals surface area contributed by atoms with Crippen LogP contribution in [0.3, 0.4) is 0 Å². The van der Waals surface area contributed by atoms with Crippen LogP contribution in [-0.2, 0) is 19.3 Å². The molecule has 3 heterocycles. The van der Waals surface area contributed by atoms with Crippen LogP contribution in [0.25, 0.3) is 22.4 Å². The molecule has 0 radical (unpaired) electrons. The van der Waals surface area contributed by atoms with Gasteiger partial charge in [0.2, 0.25) is 5.89 Å². The fourth-order valence-corrected chi connectivity index (χ4v) is 4.16. The Morgan fingerprint density at radius 2 is 2.00 bits per heavy atom. The number of nitrogens with zero attached hydrogens (tertiary/aromatic N) is 2. The molecule has 0 saturated heterocycles. The molecule has 0 aliphatic carbocycles. The number of thiophene rings is 1. The normalized spacial score (nSPS) is 11.7. The summed E-state index contributed by atoms with van der Waals surface area (Å²) < 4.78 is 50.4. The van der Waals surface area contributed by atoms with Crippen LogP contribution >= 0.6 is 11.3 Å². The molecule has 0 aliphatic rings. The van der Waals surface area contributed by atoms with Gasteiger partial charge in [-0.15, -0.1) is 11.3 Å². The van der Waals surface area contributed by atoms with E-state index < -0.39 is 17.8 Å². The van der Waals surface area contributed by atoms with Crippen molar-refractivity contribution in [3.05, 3.63) is 63.3 Å². The number of carbonyl (C=O) groups is 1. The first kappa shape index (κ1) is 22.7. The monoisotopic (exact) mass is 476 g/mol. The molecule has 3 aromatic heterocycles. The van der Waals surface area contributed by atoms with Gasteiger partial charge in [-0.05, 0) is 48.2 Å². The third-order valence-corrected chi connectivity index (χ3v) is 6.06. The van der Waals surface area contributed by atoms with Crippen LogP contribution in [0.1, 0.15) is 32.4 Å². The van der Waals surface area contributed by atoms with E-state index in [1.807, 2.05) is 18.4 Å². The lowest BCUT2D eigenvalue weighted by Gasteiger charge is -2.11. The summed E-state index contributed by atoms with van der Waals surface area (Å²) >= 11 is 1.52. The number of hydrogen-bond acceptors (Lipinski definition) is 7. The second kappa shape index (κ2) is 8.83. The van der Waals surface area contributed by atoms with Gasteiger partial charge >= 0.3 is 6.18 Å². The molecule has 172 valence electrons. The predicted octanol–water partition coefficient (Wildman–Crippen LogP) is 4.68. The van der Waals surface area contributed by atoms with Crippen molar-refractivity contribution in [3.8, 4) is 17.2 Å². The van der Waals surface area contributed by atoms with Gasteiger partial charge in [0.05, 0.1) is 20.2 Å². The summed E-state index contributed by atoms with van der Waals surface area (Å²) in [5.74, 6) is -0.0976. The second-order valence-corrected chi connectivity index (χ2v) is 8.11. The van der Waals surface area contributed by atoms with E-state index in [4.69, 9.17) is 14.9 Å². The van der Waals surface area contributed by atoms with Crippen molar-refractivity contribution in [1.29, 1.82) is 0 Å². The van der Waals surface area contributed by atoms with Gasteiger partial charge in [0, 0.05) is 15.8 Å². The Bertz CT molecular complexity index is 1330. The largest absolute Gasteiger partial charge is 0.494 e. The first-order chi connectivity index (χ1) is 15.7. The van der Waals surface area contributed by atoms with Crippen LogP contribution in [0.4, 0.5) is 13.2 Å². The van der Waals surface area contributed by atoms with Gasteiger partial charge in [0.25, 0.3) is 5.91 Å². The Balaban J connectivity index is 1.73. The lowest BCUT2D eigenvalue weighted by Crippen LogP contribution is -2.24. The number of nitrogens with two attached hydrogens (primary N) is 1. The van der Waals surface area contributed by atoms with Crippen LogP contribution in [0, 0.1) is 6.92 Å². The first-order valence-electron chi connectivity index (χ1n) is 9.79. The van der Waals surface area contributed by atoms with Crippen molar-refractivity contribution in [2.75, 3.05) is 7.11 Å². The van der Waals surface area contributed by atoms with E-state index in [-0.39, 0.29) is 35.2 Å². The lowest BCUT2D eigenvalue weighted by atomic mass is 10.1. The molecule has 0 spiro atoms. The maximum atomic E-state index is 13.2. The van der Waals surface area contributed by atoms with Crippen LogP contribution < -0.4 is 15.8 Å². The fourth-order valence-electron chi connectivity index (χ4n) is 3.31. The van der Waals surface area contributed by atoms with Gasteiger partial charge in [-0.3, -0.25) is 4.79 Å². The smallest absolute Gasteiger partial charge is 0.433 e. The lowest BCUT2D eigenvalue weighted by molar-refractivity contribution is -0.140. The van der Waals surface area contributed by atoms with E-state index in [2.05, 4.69) is 15.3 Å². The number of alkyl halides is 3. The van der Waals surface area contributed by atoms with E-state index in [0.717, 1.165) is 16.5 Å². The number of halogens is 3. The van der Waals surface area contributed by atoms with Crippen LogP contribution in [0.2, 0.25) is 0 Å². The molecule has 0 fully saturated rings. The molecule has 0 saturated carbocycles. The molecular formula is C22H19F3N4O3S. The van der Waals surface area contributed by atoms with Crippen molar-refractivity contribution in [2.24, 2.45) is 5.73 Å². The zero-order chi connectivity index (χ0) is 23.8. The molecule has 3 N–H and O–H groups in total. The van der Waals surface area contributed by atoms with Gasteiger partial charge < -0.3 is 20.2 Å². The number of pyridine rings is 1. The quantitative estimate of drug-likeness (QED) is 0.419. The maximum Gasteiger partial charge on any atom is 0.433 e. The Labute approximate surface area is 190 Å². The predicted molar refractivity (Wildman–Crippen MR) is 117 cm³/mol. The van der Waals surface area contributed by atoms with Crippen molar-refractivity contribution < 1.29 is 27.1 Å². The van der Waals surface area contributed by atoms with E-state index in [1.165, 1.54) is 30.6 Å². The van der Waals surface area contributed by atoms with Crippen LogP contribution in [-0.4, -0.2) is 23.0 Å². The minimum atomic E-state index is -4.61. The third-order valence-electron chi connectivity index (χ3n) is 5.04. The van der Waals surface area contributed by atoms with Crippen molar-refractivity contribution in [2.45, 2.75) is 26.2 Å². The number of ether oxygens (including phenoxy) is 1. The molecule has 7 nitrogen and oxygen atoms in total. The SMILES string of the molecule is COc1ccc(-c2nc(C(=O)NCc3sccc3C)c(CN)o2)c2ccc(C(F)(F)F)nc12. The second-order valence-electron chi connectivity index (χ2n) is 7.11. The summed E-state index contributed by atoms with van der Waals surface area (Å²) in [6, 6.07) is 7.15. The average molecular weight is 476 g/mol. The minimum absolute atomic E-state index is 0.00324. The van der Waals surface area contributed by atoms with Gasteiger partial charge in [0.15, 0.2) is 11.5 Å². The molecule has 0 atom stereocenters. The maximum absolute atomic E-state index is 13.2. The minimum Gasteiger partial charge on any atom is -0.494 e. The number of aromatic nitrogens is 2. The number of rotatable bonds is 6. The summed E-state index contributed by atoms with van der Waals surface area (Å²) in [7, 11) is 1.34.